The zero-order valence-corrected chi connectivity index (χ0v) is 18.5. The van der Waals surface area contributed by atoms with Crippen LogP contribution in [0.25, 0.3) is 22.4 Å². The molecule has 0 aliphatic rings. The molecule has 1 N–H and O–H groups in total. The number of hydrogen-bond donors (Lipinski definition) is 1. The first-order chi connectivity index (χ1) is 16.4. The van der Waals surface area contributed by atoms with Gasteiger partial charge in [-0.2, -0.15) is 5.10 Å². The molecule has 0 aliphatic carbocycles. The molecule has 1 atom stereocenters. The SMILES string of the molecule is COc1cccc(-c2nn(C(C)C(=O)Nc3cc(F)cc(F)c3)c(=O)cc2-c2ccccc2)c1. The van der Waals surface area contributed by atoms with Crippen molar-refractivity contribution >= 4 is 11.6 Å². The molecule has 172 valence electrons. The van der Waals surface area contributed by atoms with E-state index in [0.717, 1.165) is 22.4 Å². The van der Waals surface area contributed by atoms with Crippen LogP contribution in [-0.4, -0.2) is 22.8 Å². The van der Waals surface area contributed by atoms with E-state index < -0.39 is 29.1 Å². The maximum atomic E-state index is 13.5. The van der Waals surface area contributed by atoms with Gasteiger partial charge >= 0.3 is 0 Å². The summed E-state index contributed by atoms with van der Waals surface area (Å²) in [5, 5.41) is 6.97. The van der Waals surface area contributed by atoms with Crippen molar-refractivity contribution in [3.8, 4) is 28.1 Å². The molecule has 1 unspecified atom stereocenters. The number of ether oxygens (including phenoxy) is 1. The molecule has 3 aromatic carbocycles. The Bertz CT molecular complexity index is 1380. The summed E-state index contributed by atoms with van der Waals surface area (Å²) in [5.41, 5.74) is 1.97. The summed E-state index contributed by atoms with van der Waals surface area (Å²) in [6, 6.07) is 19.5. The molecular weight excluding hydrogens is 440 g/mol. The zero-order valence-electron chi connectivity index (χ0n) is 18.5. The van der Waals surface area contributed by atoms with Crippen LogP contribution >= 0.6 is 0 Å². The number of carbonyl (C=O) groups is 1. The van der Waals surface area contributed by atoms with E-state index in [1.165, 1.54) is 13.0 Å². The molecule has 1 heterocycles. The Morgan fingerprint density at radius 1 is 0.941 bits per heavy atom. The molecule has 0 spiro atoms. The molecule has 1 amide bonds. The highest BCUT2D eigenvalue weighted by atomic mass is 19.1. The predicted octanol–water partition coefficient (Wildman–Crippen LogP) is 5.06. The van der Waals surface area contributed by atoms with Crippen LogP contribution < -0.4 is 15.6 Å². The van der Waals surface area contributed by atoms with Crippen molar-refractivity contribution in [2.45, 2.75) is 13.0 Å². The van der Waals surface area contributed by atoms with Crippen LogP contribution in [0.5, 0.6) is 5.75 Å². The van der Waals surface area contributed by atoms with E-state index in [2.05, 4.69) is 10.4 Å². The van der Waals surface area contributed by atoms with Gasteiger partial charge in [0.1, 0.15) is 23.4 Å². The van der Waals surface area contributed by atoms with Crippen molar-refractivity contribution < 1.29 is 18.3 Å². The molecule has 0 bridgehead atoms. The smallest absolute Gasteiger partial charge is 0.268 e. The van der Waals surface area contributed by atoms with E-state index in [4.69, 9.17) is 4.74 Å². The number of methoxy groups -OCH3 is 1. The Kier molecular flexibility index (Phi) is 6.49. The summed E-state index contributed by atoms with van der Waals surface area (Å²) in [6.07, 6.45) is 0. The second-order valence-electron chi connectivity index (χ2n) is 7.61. The maximum absolute atomic E-state index is 13.5. The molecule has 0 aliphatic heterocycles. The molecule has 4 aromatic rings. The number of amides is 1. The fourth-order valence-corrected chi connectivity index (χ4v) is 3.55. The highest BCUT2D eigenvalue weighted by molar-refractivity contribution is 5.93. The maximum Gasteiger partial charge on any atom is 0.268 e. The molecule has 0 fully saturated rings. The van der Waals surface area contributed by atoms with Gasteiger partial charge < -0.3 is 10.1 Å². The van der Waals surface area contributed by atoms with Gasteiger partial charge in [-0.25, -0.2) is 13.5 Å². The highest BCUT2D eigenvalue weighted by Crippen LogP contribution is 2.31. The number of nitrogens with one attached hydrogen (secondary N) is 1. The fraction of sp³-hybridized carbons (Fsp3) is 0.115. The lowest BCUT2D eigenvalue weighted by Crippen LogP contribution is -2.33. The second kappa shape index (κ2) is 9.66. The Labute approximate surface area is 194 Å². The first kappa shape index (κ1) is 22.8. The number of carbonyl (C=O) groups excluding carboxylic acids is 1. The summed E-state index contributed by atoms with van der Waals surface area (Å²) in [5.74, 6) is -1.70. The lowest BCUT2D eigenvalue weighted by Gasteiger charge is -2.18. The number of hydrogen-bond acceptors (Lipinski definition) is 4. The molecule has 0 saturated carbocycles. The van der Waals surface area contributed by atoms with Gasteiger partial charge in [0.2, 0.25) is 5.91 Å². The molecular formula is C26H21F2N3O3. The largest absolute Gasteiger partial charge is 0.497 e. The zero-order chi connectivity index (χ0) is 24.2. The average molecular weight is 461 g/mol. The van der Waals surface area contributed by atoms with Crippen molar-refractivity contribution in [3.05, 3.63) is 101 Å². The van der Waals surface area contributed by atoms with Gasteiger partial charge in [0.05, 0.1) is 12.8 Å². The lowest BCUT2D eigenvalue weighted by molar-refractivity contribution is -0.119. The van der Waals surface area contributed by atoms with Crippen LogP contribution in [-0.2, 0) is 4.79 Å². The van der Waals surface area contributed by atoms with E-state index in [-0.39, 0.29) is 5.69 Å². The molecule has 34 heavy (non-hydrogen) atoms. The first-order valence-electron chi connectivity index (χ1n) is 10.5. The number of rotatable bonds is 6. The minimum absolute atomic E-state index is 0.0590. The van der Waals surface area contributed by atoms with Gasteiger partial charge in [0, 0.05) is 28.9 Å². The summed E-state index contributed by atoms with van der Waals surface area (Å²) >= 11 is 0. The molecule has 4 rings (SSSR count). The van der Waals surface area contributed by atoms with E-state index in [9.17, 15) is 18.4 Å². The molecule has 0 saturated heterocycles. The van der Waals surface area contributed by atoms with E-state index in [0.29, 0.717) is 28.6 Å². The second-order valence-corrected chi connectivity index (χ2v) is 7.61. The van der Waals surface area contributed by atoms with Gasteiger partial charge in [0.15, 0.2) is 0 Å². The normalized spacial score (nSPS) is 11.6. The predicted molar refractivity (Wildman–Crippen MR) is 126 cm³/mol. The quantitative estimate of drug-likeness (QED) is 0.436. The minimum atomic E-state index is -1.06. The summed E-state index contributed by atoms with van der Waals surface area (Å²) in [4.78, 5) is 25.8. The van der Waals surface area contributed by atoms with Gasteiger partial charge in [-0.1, -0.05) is 42.5 Å². The van der Waals surface area contributed by atoms with Crippen molar-refractivity contribution in [1.29, 1.82) is 0 Å². The van der Waals surface area contributed by atoms with E-state index in [1.807, 2.05) is 36.4 Å². The lowest BCUT2D eigenvalue weighted by atomic mass is 10.00. The van der Waals surface area contributed by atoms with Gasteiger partial charge in [-0.3, -0.25) is 9.59 Å². The molecule has 8 heteroatoms. The Morgan fingerprint density at radius 3 is 2.29 bits per heavy atom. The third-order valence-electron chi connectivity index (χ3n) is 5.26. The highest BCUT2D eigenvalue weighted by Gasteiger charge is 2.21. The van der Waals surface area contributed by atoms with Gasteiger partial charge in [0.25, 0.3) is 5.56 Å². The monoisotopic (exact) mass is 461 g/mol. The first-order valence-corrected chi connectivity index (χ1v) is 10.5. The molecule has 0 radical (unpaired) electrons. The third-order valence-corrected chi connectivity index (χ3v) is 5.26. The Morgan fingerprint density at radius 2 is 1.62 bits per heavy atom. The Hall–Kier alpha value is -4.33. The van der Waals surface area contributed by atoms with Crippen LogP contribution in [0.2, 0.25) is 0 Å². The topological polar surface area (TPSA) is 73.2 Å². The Balaban J connectivity index is 1.78. The molecule has 1 aromatic heterocycles. The summed E-state index contributed by atoms with van der Waals surface area (Å²) in [7, 11) is 1.55. The number of benzene rings is 3. The van der Waals surface area contributed by atoms with Crippen LogP contribution in [0.15, 0.2) is 83.7 Å². The third kappa shape index (κ3) is 4.85. The van der Waals surface area contributed by atoms with Gasteiger partial charge in [-0.05, 0) is 36.8 Å². The number of nitrogens with zero attached hydrogens (tertiary/aromatic N) is 2. The summed E-state index contributed by atoms with van der Waals surface area (Å²) < 4.78 is 33.4. The van der Waals surface area contributed by atoms with Gasteiger partial charge in [-0.15, -0.1) is 0 Å². The van der Waals surface area contributed by atoms with Crippen LogP contribution in [0, 0.1) is 11.6 Å². The van der Waals surface area contributed by atoms with E-state index in [1.54, 1.807) is 25.3 Å². The van der Waals surface area contributed by atoms with Crippen molar-refractivity contribution in [3.63, 3.8) is 0 Å². The number of anilines is 1. The van der Waals surface area contributed by atoms with Crippen LogP contribution in [0.3, 0.4) is 0 Å². The summed E-state index contributed by atoms with van der Waals surface area (Å²) in [6.45, 7) is 1.48. The fourth-order valence-electron chi connectivity index (χ4n) is 3.55. The van der Waals surface area contributed by atoms with Crippen molar-refractivity contribution in [2.75, 3.05) is 12.4 Å². The number of aromatic nitrogens is 2. The van der Waals surface area contributed by atoms with Crippen molar-refractivity contribution in [2.24, 2.45) is 0 Å². The van der Waals surface area contributed by atoms with Crippen LogP contribution in [0.4, 0.5) is 14.5 Å². The number of halogens is 2. The minimum Gasteiger partial charge on any atom is -0.497 e. The average Bonchev–Trinajstić information content (AvgIpc) is 2.83. The van der Waals surface area contributed by atoms with Crippen molar-refractivity contribution in [1.82, 2.24) is 9.78 Å². The standard InChI is InChI=1S/C26H21F2N3O3/c1-16(26(33)29-21-13-19(27)12-20(28)14-21)31-24(32)15-23(17-7-4-3-5-8-17)25(30-31)18-9-6-10-22(11-18)34-2/h3-16H,1-2H3,(H,29,33). The van der Waals surface area contributed by atoms with Crippen LogP contribution in [0.1, 0.15) is 13.0 Å². The van der Waals surface area contributed by atoms with E-state index >= 15 is 0 Å². The molecule has 6 nitrogen and oxygen atoms in total.